The highest BCUT2D eigenvalue weighted by Crippen LogP contribution is 2.02. The first-order chi connectivity index (χ1) is 11.1. The van der Waals surface area contributed by atoms with Crippen LogP contribution >= 0.6 is 0 Å². The standard InChI is InChI=1S/C10H12O.C6H13NO.C2H2.CH2O/c1-9(11)7-8-10-5-3-2-4-6-10;1-2-3-4-5-6(7)8;2*1-2/h2-6H,7-8H2,1H3;2-5H2,1H3,(H2,7,8);1-2H;1H2. The van der Waals surface area contributed by atoms with Crippen LogP contribution in [0.25, 0.3) is 0 Å². The molecule has 0 fully saturated rings. The number of rotatable bonds is 7. The van der Waals surface area contributed by atoms with E-state index in [1.54, 1.807) is 6.92 Å². The molecule has 0 saturated carbocycles. The predicted molar refractivity (Wildman–Crippen MR) is 95.8 cm³/mol. The molecule has 1 rings (SSSR count). The Morgan fingerprint density at radius 2 is 1.57 bits per heavy atom. The number of carbonyl (C=O) groups excluding carboxylic acids is 3. The van der Waals surface area contributed by atoms with Crippen LogP contribution in [0.2, 0.25) is 0 Å². The molecule has 0 unspecified atom stereocenters. The molecule has 0 aliphatic carbocycles. The number of primary amides is 1. The summed E-state index contributed by atoms with van der Waals surface area (Å²) in [5.41, 5.74) is 6.13. The van der Waals surface area contributed by atoms with E-state index in [4.69, 9.17) is 10.5 Å². The minimum Gasteiger partial charge on any atom is -0.370 e. The fraction of sp³-hybridized carbons (Fsp3) is 0.421. The summed E-state index contributed by atoms with van der Waals surface area (Å²) < 4.78 is 0. The number of unbranched alkanes of at least 4 members (excludes halogenated alkanes) is 2. The van der Waals surface area contributed by atoms with Crippen molar-refractivity contribution in [3.05, 3.63) is 35.9 Å². The third-order valence-electron chi connectivity index (χ3n) is 2.64. The van der Waals surface area contributed by atoms with Gasteiger partial charge in [-0.1, -0.05) is 50.1 Å². The van der Waals surface area contributed by atoms with Crippen molar-refractivity contribution < 1.29 is 14.4 Å². The van der Waals surface area contributed by atoms with Crippen molar-refractivity contribution in [2.75, 3.05) is 0 Å². The number of hydrogen-bond acceptors (Lipinski definition) is 3. The van der Waals surface area contributed by atoms with Crippen LogP contribution in [0.4, 0.5) is 0 Å². The van der Waals surface area contributed by atoms with Crippen molar-refractivity contribution in [1.82, 2.24) is 0 Å². The molecule has 2 N–H and O–H groups in total. The van der Waals surface area contributed by atoms with Gasteiger partial charge < -0.3 is 15.3 Å². The number of aryl methyl sites for hydroxylation is 1. The van der Waals surface area contributed by atoms with Gasteiger partial charge in [0.2, 0.25) is 5.91 Å². The van der Waals surface area contributed by atoms with Gasteiger partial charge in [-0.2, -0.15) is 0 Å². The normalized spacial score (nSPS) is 8.00. The zero-order valence-corrected chi connectivity index (χ0v) is 14.3. The predicted octanol–water partition coefficient (Wildman–Crippen LogP) is 3.32. The molecule has 4 nitrogen and oxygen atoms in total. The van der Waals surface area contributed by atoms with Crippen molar-refractivity contribution in [3.8, 4) is 12.8 Å². The first-order valence-corrected chi connectivity index (χ1v) is 7.50. The van der Waals surface area contributed by atoms with E-state index in [2.05, 4.69) is 19.8 Å². The van der Waals surface area contributed by atoms with Gasteiger partial charge in [-0.05, 0) is 25.3 Å². The summed E-state index contributed by atoms with van der Waals surface area (Å²) in [6, 6.07) is 10.1. The average Bonchev–Trinajstić information content (AvgIpc) is 2.58. The van der Waals surface area contributed by atoms with Crippen LogP contribution in [0, 0.1) is 12.8 Å². The maximum absolute atomic E-state index is 10.6. The molecule has 0 bridgehead atoms. The molecule has 1 amide bonds. The number of ketones is 1. The van der Waals surface area contributed by atoms with E-state index in [9.17, 15) is 9.59 Å². The molecule has 0 aromatic heterocycles. The van der Waals surface area contributed by atoms with Crippen LogP contribution in [-0.2, 0) is 20.8 Å². The van der Waals surface area contributed by atoms with Gasteiger partial charge in [0.05, 0.1) is 0 Å². The van der Waals surface area contributed by atoms with Crippen LogP contribution < -0.4 is 5.73 Å². The SMILES string of the molecule is C#C.C=O.CC(=O)CCc1ccccc1.CCCCCC(N)=O. The molecule has 128 valence electrons. The number of hydrogen-bond donors (Lipinski definition) is 1. The lowest BCUT2D eigenvalue weighted by atomic mass is 10.1. The molecular weight excluding hydrogens is 290 g/mol. The summed E-state index contributed by atoms with van der Waals surface area (Å²) in [5, 5.41) is 0. The number of Topliss-reactive ketones (excluding diaryl/α,β-unsaturated/α-hetero) is 1. The molecule has 23 heavy (non-hydrogen) atoms. The van der Waals surface area contributed by atoms with Crippen LogP contribution in [-0.4, -0.2) is 18.5 Å². The Morgan fingerprint density at radius 1 is 1.04 bits per heavy atom. The first kappa shape index (κ1) is 25.5. The van der Waals surface area contributed by atoms with Crippen LogP contribution in [0.5, 0.6) is 0 Å². The summed E-state index contributed by atoms with van der Waals surface area (Å²) >= 11 is 0. The lowest BCUT2D eigenvalue weighted by molar-refractivity contribution is -0.118. The molecule has 0 radical (unpaired) electrons. The van der Waals surface area contributed by atoms with E-state index in [-0.39, 0.29) is 11.7 Å². The van der Waals surface area contributed by atoms with Crippen molar-refractivity contribution in [2.45, 2.75) is 52.4 Å². The minimum absolute atomic E-state index is 0.182. The Kier molecular flexibility index (Phi) is 24.3. The molecule has 4 heteroatoms. The summed E-state index contributed by atoms with van der Waals surface area (Å²) in [7, 11) is 0. The van der Waals surface area contributed by atoms with E-state index in [1.165, 1.54) is 5.56 Å². The Labute approximate surface area is 140 Å². The highest BCUT2D eigenvalue weighted by molar-refractivity contribution is 5.75. The summed E-state index contributed by atoms with van der Waals surface area (Å²) in [4.78, 5) is 28.7. The Hall–Kier alpha value is -2.41. The van der Waals surface area contributed by atoms with Gasteiger partial charge in [-0.3, -0.25) is 4.79 Å². The monoisotopic (exact) mass is 319 g/mol. The van der Waals surface area contributed by atoms with Gasteiger partial charge in [-0.25, -0.2) is 0 Å². The second kappa shape index (κ2) is 21.9. The third-order valence-corrected chi connectivity index (χ3v) is 2.64. The molecule has 0 aliphatic rings. The summed E-state index contributed by atoms with van der Waals surface area (Å²) in [5.74, 6) is 0.0762. The summed E-state index contributed by atoms with van der Waals surface area (Å²) in [6.07, 6.45) is 13.3. The second-order valence-electron chi connectivity index (χ2n) is 4.61. The zero-order chi connectivity index (χ0) is 18.5. The smallest absolute Gasteiger partial charge is 0.217 e. The van der Waals surface area contributed by atoms with E-state index >= 15 is 0 Å². The van der Waals surface area contributed by atoms with Crippen LogP contribution in [0.1, 0.15) is 51.5 Å². The molecule has 0 spiro atoms. The van der Waals surface area contributed by atoms with E-state index < -0.39 is 0 Å². The average molecular weight is 319 g/mol. The maximum Gasteiger partial charge on any atom is 0.217 e. The number of terminal acetylenes is 1. The third kappa shape index (κ3) is 24.9. The second-order valence-corrected chi connectivity index (χ2v) is 4.61. The van der Waals surface area contributed by atoms with Gasteiger partial charge in [0.1, 0.15) is 12.6 Å². The Bertz CT molecular complexity index is 413. The van der Waals surface area contributed by atoms with E-state index in [1.807, 2.05) is 37.1 Å². The lowest BCUT2D eigenvalue weighted by Crippen LogP contribution is -2.09. The van der Waals surface area contributed by atoms with Crippen molar-refractivity contribution in [3.63, 3.8) is 0 Å². The lowest BCUT2D eigenvalue weighted by Gasteiger charge is -1.96. The molecular formula is C19H29NO3. The number of nitrogens with two attached hydrogens (primary N) is 1. The van der Waals surface area contributed by atoms with Crippen LogP contribution in [0.3, 0.4) is 0 Å². The van der Waals surface area contributed by atoms with Gasteiger partial charge in [0.15, 0.2) is 0 Å². The highest BCUT2D eigenvalue weighted by Gasteiger charge is 1.94. The van der Waals surface area contributed by atoms with Crippen molar-refractivity contribution >= 4 is 18.5 Å². The summed E-state index contributed by atoms with van der Waals surface area (Å²) in [6.45, 7) is 5.73. The molecule has 0 saturated heterocycles. The van der Waals surface area contributed by atoms with Gasteiger partial charge in [-0.15, -0.1) is 12.8 Å². The topological polar surface area (TPSA) is 77.2 Å². The maximum atomic E-state index is 10.6. The number of amides is 1. The Morgan fingerprint density at radius 3 is 1.96 bits per heavy atom. The highest BCUT2D eigenvalue weighted by atomic mass is 16.1. The number of carbonyl (C=O) groups is 3. The van der Waals surface area contributed by atoms with Crippen molar-refractivity contribution in [2.24, 2.45) is 5.73 Å². The largest absolute Gasteiger partial charge is 0.370 e. The Balaban J connectivity index is -0.000000296. The quantitative estimate of drug-likeness (QED) is 0.618. The van der Waals surface area contributed by atoms with Crippen LogP contribution in [0.15, 0.2) is 30.3 Å². The minimum atomic E-state index is -0.182. The molecule has 1 aromatic carbocycles. The van der Waals surface area contributed by atoms with Gasteiger partial charge in [0, 0.05) is 12.8 Å². The molecule has 1 aromatic rings. The fourth-order valence-electron chi connectivity index (χ4n) is 1.51. The zero-order valence-electron chi connectivity index (χ0n) is 14.3. The number of benzene rings is 1. The van der Waals surface area contributed by atoms with Gasteiger partial charge >= 0.3 is 0 Å². The molecule has 0 atom stereocenters. The molecule has 0 aliphatic heterocycles. The van der Waals surface area contributed by atoms with E-state index in [0.717, 1.165) is 25.7 Å². The van der Waals surface area contributed by atoms with Gasteiger partial charge in [0.25, 0.3) is 0 Å². The fourth-order valence-corrected chi connectivity index (χ4v) is 1.51. The van der Waals surface area contributed by atoms with E-state index in [0.29, 0.717) is 12.8 Å². The molecule has 0 heterocycles. The first-order valence-electron chi connectivity index (χ1n) is 7.50. The van der Waals surface area contributed by atoms with Crippen molar-refractivity contribution in [1.29, 1.82) is 0 Å².